The van der Waals surface area contributed by atoms with Crippen LogP contribution in [-0.4, -0.2) is 22.1 Å². The second-order valence-corrected chi connectivity index (χ2v) is 5.88. The van der Waals surface area contributed by atoms with Crippen molar-refractivity contribution in [3.05, 3.63) is 12.2 Å². The van der Waals surface area contributed by atoms with Gasteiger partial charge in [0.1, 0.15) is 0 Å². The van der Waals surface area contributed by atoms with Crippen LogP contribution in [0.2, 0.25) is 0 Å². The minimum Gasteiger partial charge on any atom is -0.278 e. The van der Waals surface area contributed by atoms with E-state index in [1.807, 2.05) is 19.1 Å². The Balaban J connectivity index is 2.19. The standard InChI is InChI=1S/C12H15NO3/c1-11(2)6-4-5-12(11,3)8-7(6)9(14)13(16)10(8)15/h4-8,16H,1-3H3. The van der Waals surface area contributed by atoms with Gasteiger partial charge in [-0.25, -0.2) is 0 Å². The van der Waals surface area contributed by atoms with Gasteiger partial charge < -0.3 is 0 Å². The fourth-order valence-corrected chi connectivity index (χ4v) is 3.86. The van der Waals surface area contributed by atoms with E-state index in [2.05, 4.69) is 13.8 Å². The van der Waals surface area contributed by atoms with Gasteiger partial charge >= 0.3 is 0 Å². The van der Waals surface area contributed by atoms with Gasteiger partial charge in [-0.2, -0.15) is 5.06 Å². The van der Waals surface area contributed by atoms with E-state index in [9.17, 15) is 14.8 Å². The monoisotopic (exact) mass is 221 g/mol. The molecular formula is C12H15NO3. The van der Waals surface area contributed by atoms with Gasteiger partial charge in [-0.15, -0.1) is 0 Å². The average Bonchev–Trinajstić information content (AvgIpc) is 2.64. The summed E-state index contributed by atoms with van der Waals surface area (Å²) in [5.74, 6) is -1.54. The van der Waals surface area contributed by atoms with Crippen LogP contribution in [0, 0.1) is 28.6 Å². The quantitative estimate of drug-likeness (QED) is 0.380. The fraction of sp³-hybridized carbons (Fsp3) is 0.667. The summed E-state index contributed by atoms with van der Waals surface area (Å²) >= 11 is 0. The van der Waals surface area contributed by atoms with Crippen LogP contribution in [0.5, 0.6) is 0 Å². The maximum absolute atomic E-state index is 11.9. The number of allylic oxidation sites excluding steroid dienone is 2. The lowest BCUT2D eigenvalue weighted by atomic mass is 9.67. The molecule has 2 amide bonds. The number of carbonyl (C=O) groups excluding carboxylic acids is 2. The molecule has 0 radical (unpaired) electrons. The number of imide groups is 1. The molecule has 86 valence electrons. The van der Waals surface area contributed by atoms with E-state index in [0.717, 1.165) is 0 Å². The molecule has 16 heavy (non-hydrogen) atoms. The molecule has 4 unspecified atom stereocenters. The Morgan fingerprint density at radius 3 is 2.44 bits per heavy atom. The number of rotatable bonds is 0. The van der Waals surface area contributed by atoms with E-state index in [-0.39, 0.29) is 28.6 Å². The van der Waals surface area contributed by atoms with Crippen LogP contribution in [-0.2, 0) is 9.59 Å². The van der Waals surface area contributed by atoms with Crippen molar-refractivity contribution >= 4 is 11.8 Å². The number of nitrogens with zero attached hydrogens (tertiary/aromatic N) is 1. The molecule has 0 aromatic carbocycles. The van der Waals surface area contributed by atoms with Crippen molar-refractivity contribution in [2.75, 3.05) is 0 Å². The molecule has 1 saturated carbocycles. The Bertz CT molecular complexity index is 440. The highest BCUT2D eigenvalue weighted by Crippen LogP contribution is 2.68. The Kier molecular flexibility index (Phi) is 1.50. The average molecular weight is 221 g/mol. The molecule has 1 aliphatic heterocycles. The maximum Gasteiger partial charge on any atom is 0.258 e. The smallest absolute Gasteiger partial charge is 0.258 e. The van der Waals surface area contributed by atoms with Crippen molar-refractivity contribution in [3.63, 3.8) is 0 Å². The molecule has 0 aromatic heterocycles. The van der Waals surface area contributed by atoms with E-state index in [4.69, 9.17) is 0 Å². The topological polar surface area (TPSA) is 57.6 Å². The van der Waals surface area contributed by atoms with Crippen LogP contribution in [0.3, 0.4) is 0 Å². The minimum atomic E-state index is -0.433. The molecule has 2 bridgehead atoms. The largest absolute Gasteiger partial charge is 0.278 e. The fourth-order valence-electron chi connectivity index (χ4n) is 3.86. The van der Waals surface area contributed by atoms with Crippen LogP contribution >= 0.6 is 0 Å². The second-order valence-electron chi connectivity index (χ2n) is 5.88. The molecular weight excluding hydrogens is 206 g/mol. The van der Waals surface area contributed by atoms with Crippen LogP contribution < -0.4 is 0 Å². The van der Waals surface area contributed by atoms with E-state index in [0.29, 0.717) is 5.06 Å². The van der Waals surface area contributed by atoms with Crippen molar-refractivity contribution in [2.45, 2.75) is 20.8 Å². The van der Waals surface area contributed by atoms with Crippen LogP contribution in [0.1, 0.15) is 20.8 Å². The molecule has 3 aliphatic rings. The van der Waals surface area contributed by atoms with Crippen LogP contribution in [0.4, 0.5) is 0 Å². The Morgan fingerprint density at radius 2 is 1.88 bits per heavy atom. The molecule has 1 N–H and O–H groups in total. The third-order valence-electron chi connectivity index (χ3n) is 5.23. The van der Waals surface area contributed by atoms with Crippen molar-refractivity contribution in [1.82, 2.24) is 5.06 Å². The lowest BCUT2D eigenvalue weighted by molar-refractivity contribution is -0.175. The van der Waals surface area contributed by atoms with Crippen LogP contribution in [0.25, 0.3) is 0 Å². The van der Waals surface area contributed by atoms with Gasteiger partial charge in [-0.05, 0) is 11.3 Å². The first-order valence-electron chi connectivity index (χ1n) is 5.58. The van der Waals surface area contributed by atoms with Crippen molar-refractivity contribution in [2.24, 2.45) is 28.6 Å². The molecule has 1 heterocycles. The van der Waals surface area contributed by atoms with Crippen molar-refractivity contribution in [3.8, 4) is 0 Å². The molecule has 2 aliphatic carbocycles. The van der Waals surface area contributed by atoms with Gasteiger partial charge in [0, 0.05) is 5.41 Å². The molecule has 4 heteroatoms. The van der Waals surface area contributed by atoms with Gasteiger partial charge in [0.25, 0.3) is 11.8 Å². The number of carbonyl (C=O) groups is 2. The summed E-state index contributed by atoms with van der Waals surface area (Å²) in [4.78, 5) is 23.7. The molecule has 2 fully saturated rings. The maximum atomic E-state index is 11.9. The second kappa shape index (κ2) is 2.40. The summed E-state index contributed by atoms with van der Waals surface area (Å²) in [6.45, 7) is 6.20. The van der Waals surface area contributed by atoms with E-state index in [1.165, 1.54) is 0 Å². The summed E-state index contributed by atoms with van der Waals surface area (Å²) in [5.41, 5.74) is -0.401. The zero-order chi connectivity index (χ0) is 11.9. The number of amides is 2. The SMILES string of the molecule is CC1(C)C2C=CC1(C)C1C(=O)N(O)C(=O)C21. The van der Waals surface area contributed by atoms with Crippen molar-refractivity contribution < 1.29 is 14.8 Å². The number of hydrogen-bond donors (Lipinski definition) is 1. The Labute approximate surface area is 93.9 Å². The first kappa shape index (κ1) is 10.0. The van der Waals surface area contributed by atoms with E-state index < -0.39 is 11.8 Å². The molecule has 4 nitrogen and oxygen atoms in total. The molecule has 3 rings (SSSR count). The third kappa shape index (κ3) is 0.725. The summed E-state index contributed by atoms with van der Waals surface area (Å²) in [5, 5.41) is 9.75. The van der Waals surface area contributed by atoms with Crippen molar-refractivity contribution in [1.29, 1.82) is 0 Å². The lowest BCUT2D eigenvalue weighted by Crippen LogP contribution is -2.39. The van der Waals surface area contributed by atoms with Gasteiger partial charge in [0.15, 0.2) is 0 Å². The van der Waals surface area contributed by atoms with E-state index in [1.54, 1.807) is 0 Å². The lowest BCUT2D eigenvalue weighted by Gasteiger charge is -2.37. The first-order chi connectivity index (χ1) is 7.32. The summed E-state index contributed by atoms with van der Waals surface area (Å²) in [7, 11) is 0. The highest BCUT2D eigenvalue weighted by molar-refractivity contribution is 6.05. The predicted molar refractivity (Wildman–Crippen MR) is 55.1 cm³/mol. The summed E-state index contributed by atoms with van der Waals surface area (Å²) in [6, 6.07) is 0. The van der Waals surface area contributed by atoms with Gasteiger partial charge in [0.05, 0.1) is 11.8 Å². The van der Waals surface area contributed by atoms with E-state index >= 15 is 0 Å². The number of hydroxylamine groups is 2. The molecule has 0 aromatic rings. The number of fused-ring (bicyclic) bond motifs is 5. The molecule has 0 spiro atoms. The van der Waals surface area contributed by atoms with Gasteiger partial charge in [-0.3, -0.25) is 14.8 Å². The number of hydrogen-bond acceptors (Lipinski definition) is 3. The molecule has 1 saturated heterocycles. The zero-order valence-electron chi connectivity index (χ0n) is 9.60. The zero-order valence-corrected chi connectivity index (χ0v) is 9.60. The first-order valence-corrected chi connectivity index (χ1v) is 5.58. The summed E-state index contributed by atoms with van der Waals surface area (Å²) < 4.78 is 0. The predicted octanol–water partition coefficient (Wildman–Crippen LogP) is 1.21. The van der Waals surface area contributed by atoms with Gasteiger partial charge in [-0.1, -0.05) is 32.9 Å². The third-order valence-corrected chi connectivity index (χ3v) is 5.23. The summed E-state index contributed by atoms with van der Waals surface area (Å²) in [6.07, 6.45) is 4.08. The highest BCUT2D eigenvalue weighted by Gasteiger charge is 2.71. The Morgan fingerprint density at radius 1 is 1.25 bits per heavy atom. The normalized spacial score (nSPS) is 48.0. The van der Waals surface area contributed by atoms with Gasteiger partial charge in [0.2, 0.25) is 0 Å². The Hall–Kier alpha value is -1.16. The highest BCUT2D eigenvalue weighted by atomic mass is 16.5. The molecule has 4 atom stereocenters. The van der Waals surface area contributed by atoms with Crippen LogP contribution in [0.15, 0.2) is 12.2 Å². The minimum absolute atomic E-state index is 0.0658.